The molecule has 84 heavy (non-hydrogen) atoms. The van der Waals surface area contributed by atoms with Crippen LogP contribution in [0.15, 0.2) is 80.5 Å². The molecule has 7 amide bonds. The number of allylic oxidation sites excluding steroid dienone is 4. The molecule has 4 bridgehead atoms. The normalized spacial score (nSPS) is 21.8. The van der Waals surface area contributed by atoms with Gasteiger partial charge in [-0.25, -0.2) is 0 Å². The van der Waals surface area contributed by atoms with Gasteiger partial charge in [0.2, 0.25) is 17.5 Å². The average Bonchev–Trinajstić information content (AvgIpc) is 3.12. The molecule has 29 heteroatoms. The topological polar surface area (TPSA) is 424 Å². The minimum atomic E-state index is -2.07. The maximum absolute atomic E-state index is 14.8. The molecule has 0 spiro atoms. The molecular formula is C55H68N10O19. The summed E-state index contributed by atoms with van der Waals surface area (Å²) in [6.45, 7) is 4.19. The number of pyridine rings is 2. The number of carbonyl (C=O) groups is 11. The van der Waals surface area contributed by atoms with Crippen molar-refractivity contribution in [1.29, 1.82) is 0 Å². The lowest BCUT2D eigenvalue weighted by Gasteiger charge is -2.33. The Morgan fingerprint density at radius 1 is 0.643 bits per heavy atom. The van der Waals surface area contributed by atoms with Crippen LogP contribution in [0, 0.1) is 11.8 Å². The number of nitrogens with zero attached hydrogens (tertiary/aromatic N) is 4. The first-order valence-electron chi connectivity index (χ1n) is 27.1. The van der Waals surface area contributed by atoms with Gasteiger partial charge in [0.1, 0.15) is 40.8 Å². The molecule has 2 aromatic heterocycles. The Labute approximate surface area is 479 Å². The van der Waals surface area contributed by atoms with Crippen LogP contribution < -0.4 is 43.4 Å². The first-order chi connectivity index (χ1) is 39.9. The summed E-state index contributed by atoms with van der Waals surface area (Å²) in [5.74, 6) is -11.8. The fourth-order valence-electron chi connectivity index (χ4n) is 9.40. The number of aliphatic hydroxyl groups is 2. The number of aromatic nitrogens is 2. The van der Waals surface area contributed by atoms with E-state index in [1.54, 1.807) is 13.8 Å². The van der Waals surface area contributed by atoms with E-state index in [0.29, 0.717) is 0 Å². The maximum atomic E-state index is 14.8. The molecule has 8 rings (SSSR count). The molecule has 29 nitrogen and oxygen atoms in total. The zero-order valence-corrected chi connectivity index (χ0v) is 46.5. The summed E-state index contributed by atoms with van der Waals surface area (Å²) < 4.78 is 10.7. The third-order valence-electron chi connectivity index (χ3n) is 14.0. The molecular weight excluding hydrogens is 1100 g/mol. The van der Waals surface area contributed by atoms with Crippen molar-refractivity contribution in [3.63, 3.8) is 0 Å². The van der Waals surface area contributed by atoms with E-state index in [-0.39, 0.29) is 112 Å². The van der Waals surface area contributed by atoms with Crippen molar-refractivity contribution in [3.8, 4) is 0 Å². The third-order valence-corrected chi connectivity index (χ3v) is 14.0. The number of hydrogen-bond acceptors (Lipinski definition) is 20. The van der Waals surface area contributed by atoms with Crippen LogP contribution in [-0.4, -0.2) is 207 Å². The molecule has 0 saturated carbocycles. The summed E-state index contributed by atoms with van der Waals surface area (Å²) in [7, 11) is 0. The van der Waals surface area contributed by atoms with E-state index >= 15 is 0 Å². The summed E-state index contributed by atoms with van der Waals surface area (Å²) in [5, 5.41) is 56.4. The Bertz CT molecular complexity index is 3230. The molecule has 11 N–H and O–H groups in total. The number of ketones is 4. The van der Waals surface area contributed by atoms with Crippen molar-refractivity contribution in [1.82, 2.24) is 45.8 Å². The smallest absolute Gasteiger partial charge is 0.296 e. The second kappa shape index (κ2) is 29.0. The molecule has 2 aromatic rings. The minimum Gasteiger partial charge on any atom is -0.425 e. The van der Waals surface area contributed by atoms with Crippen LogP contribution in [0.4, 0.5) is 0 Å². The van der Waals surface area contributed by atoms with E-state index in [4.69, 9.17) is 15.2 Å². The molecule has 0 aromatic carbocycles. The molecule has 452 valence electrons. The van der Waals surface area contributed by atoms with Gasteiger partial charge < -0.3 is 72.2 Å². The zero-order valence-electron chi connectivity index (χ0n) is 46.5. The number of aliphatic hydroxyl groups excluding tert-OH is 2. The van der Waals surface area contributed by atoms with Crippen LogP contribution in [0.5, 0.6) is 0 Å². The molecule has 4 aliphatic heterocycles. The van der Waals surface area contributed by atoms with Crippen molar-refractivity contribution in [2.45, 2.75) is 83.7 Å². The van der Waals surface area contributed by atoms with E-state index in [9.17, 15) is 83.0 Å². The van der Waals surface area contributed by atoms with E-state index in [0.717, 1.165) is 58.4 Å². The van der Waals surface area contributed by atoms with Gasteiger partial charge in [-0.3, -0.25) is 62.3 Å². The van der Waals surface area contributed by atoms with Crippen molar-refractivity contribution < 1.29 is 82.8 Å². The van der Waals surface area contributed by atoms with Gasteiger partial charge in [0, 0.05) is 68.8 Å². The Morgan fingerprint density at radius 2 is 1.11 bits per heavy atom. The van der Waals surface area contributed by atoms with Crippen molar-refractivity contribution in [2.75, 3.05) is 72.2 Å². The van der Waals surface area contributed by atoms with Crippen LogP contribution in [0.3, 0.4) is 0 Å². The highest BCUT2D eigenvalue weighted by Gasteiger charge is 2.40. The lowest BCUT2D eigenvalue weighted by molar-refractivity contribution is -0.140. The molecule has 1 fully saturated rings. The summed E-state index contributed by atoms with van der Waals surface area (Å²) in [4.78, 5) is 180. The van der Waals surface area contributed by atoms with Crippen molar-refractivity contribution in [2.24, 2.45) is 17.6 Å². The van der Waals surface area contributed by atoms with Crippen LogP contribution in [0.1, 0.15) is 95.1 Å². The highest BCUT2D eigenvalue weighted by molar-refractivity contribution is 6.26. The van der Waals surface area contributed by atoms with Gasteiger partial charge in [-0.1, -0.05) is 39.8 Å². The Hall–Kier alpha value is -8.77. The molecule has 3 unspecified atom stereocenters. The van der Waals surface area contributed by atoms with Crippen molar-refractivity contribution >= 4 is 64.5 Å². The Balaban J connectivity index is 1.40. The molecule has 5 atom stereocenters. The highest BCUT2D eigenvalue weighted by atomic mass is 16.5. The lowest BCUT2D eigenvalue weighted by Crippen LogP contribution is -2.53. The quantitative estimate of drug-likeness (QED) is 0.0563. The second-order valence-electron chi connectivity index (χ2n) is 20.5. The van der Waals surface area contributed by atoms with Crippen LogP contribution in [0.2, 0.25) is 0 Å². The monoisotopic (exact) mass is 1170 g/mol. The van der Waals surface area contributed by atoms with Crippen LogP contribution in [-0.2, 0) is 43.0 Å². The summed E-state index contributed by atoms with van der Waals surface area (Å²) in [5.41, 5.74) is -1.43. The van der Waals surface area contributed by atoms with Gasteiger partial charge in [-0.15, -0.1) is 9.46 Å². The third kappa shape index (κ3) is 14.9. The maximum Gasteiger partial charge on any atom is 0.296 e. The SMILES string of the molecule is CC(C)C(=O)C1=CC=C(C(=O)N2CCCNC(=O)c3ccc(c(=O)n3O)C(=O)N[C@@H]3COC[C@@H]3NC(=O)c3ccc(n(O)c3=O)C(=O)NCCCN(C(=O)C3=CC=C(C(=O)C(C)C)C(O)C3=O)C(C(=O)NCCOCCN)CCC2)C(=O)C1O. The fraction of sp³-hybridized carbons (Fsp3) is 0.473. The number of rotatable bonds is 12. The number of Topliss-reactive ketones (excluding diaryl/α,β-unsaturated/α-hetero) is 4. The van der Waals surface area contributed by atoms with Gasteiger partial charge in [0.15, 0.2) is 11.6 Å². The first kappa shape index (κ1) is 64.4. The Kier molecular flexibility index (Phi) is 22.2. The van der Waals surface area contributed by atoms with E-state index in [2.05, 4.69) is 26.6 Å². The summed E-state index contributed by atoms with van der Waals surface area (Å²) >= 11 is 0. The number of carbonyl (C=O) groups excluding carboxylic acids is 11. The van der Waals surface area contributed by atoms with Gasteiger partial charge >= 0.3 is 0 Å². The number of nitrogens with two attached hydrogens (primary N) is 1. The average molecular weight is 1170 g/mol. The minimum absolute atomic E-state index is 0.0496. The first-order valence-corrected chi connectivity index (χ1v) is 27.1. The van der Waals surface area contributed by atoms with Crippen LogP contribution in [0.25, 0.3) is 0 Å². The van der Waals surface area contributed by atoms with Gasteiger partial charge in [0.05, 0.1) is 49.7 Å². The molecule has 6 heterocycles. The predicted molar refractivity (Wildman–Crippen MR) is 291 cm³/mol. The van der Waals surface area contributed by atoms with Crippen LogP contribution >= 0.6 is 0 Å². The van der Waals surface area contributed by atoms with E-state index < -0.39 is 158 Å². The number of hydrogen-bond donors (Lipinski definition) is 10. The molecule has 1 saturated heterocycles. The van der Waals surface area contributed by atoms with E-state index in [1.807, 2.05) is 0 Å². The molecule has 2 aliphatic carbocycles. The summed E-state index contributed by atoms with van der Waals surface area (Å²) in [6.07, 6.45) is -0.544. The van der Waals surface area contributed by atoms with Gasteiger partial charge in [-0.05, 0) is 62.1 Å². The number of fused-ring (bicyclic) bond motifs is 2. The second-order valence-corrected chi connectivity index (χ2v) is 20.5. The zero-order chi connectivity index (χ0) is 61.7. The summed E-state index contributed by atoms with van der Waals surface area (Å²) in [6, 6.07) is 0.187. The highest BCUT2D eigenvalue weighted by Crippen LogP contribution is 2.25. The number of ether oxygens (including phenoxy) is 2. The fourth-order valence-corrected chi connectivity index (χ4v) is 9.40. The largest absolute Gasteiger partial charge is 0.425 e. The number of amides is 7. The molecule has 0 radical (unpaired) electrons. The standard InChI is InChI=1S/C55H68N10O19/c1-28(2)41(66)30-9-11-32(45(70)43(30)68)52(77)62-21-5-8-38(49(74)59-20-25-83-24-17-56)63(53(78)33-12-10-31(42(67)29(3)4)44(69)46(33)71)23-7-19-58-51(76)40-16-14-35(55(80)65(40)82)48(73)61-37-27-84-26-36(37)60-47(72)34-13-15-39(64(81)54(34)79)50(75)57-18-6-22-62/h9-16,28-29,36-38,43-44,68-69,81-82H,5-8,17-27,56H2,1-4H3,(H,57,75)(H,58,76)(H,59,74)(H,60,72)(H,61,73)/t36-,37+,38?,43?,44?/m1/s1. The number of nitrogens with one attached hydrogen (secondary N) is 5. The van der Waals surface area contributed by atoms with Gasteiger partial charge in [0.25, 0.3) is 46.6 Å². The lowest BCUT2D eigenvalue weighted by atomic mass is 9.87. The Morgan fingerprint density at radius 3 is 1.58 bits per heavy atom. The van der Waals surface area contributed by atoms with Crippen molar-refractivity contribution in [3.05, 3.63) is 114 Å². The van der Waals surface area contributed by atoms with E-state index in [1.165, 1.54) is 13.8 Å². The molecule has 6 aliphatic rings. The predicted octanol–water partition coefficient (Wildman–Crippen LogP) is -3.39. The van der Waals surface area contributed by atoms with Gasteiger partial charge in [-0.2, -0.15) is 0 Å².